The Labute approximate surface area is 118 Å². The minimum Gasteiger partial charge on any atom is -0.427 e. The summed E-state index contributed by atoms with van der Waals surface area (Å²) in [5.41, 5.74) is -0.265. The predicted molar refractivity (Wildman–Crippen MR) is 78.0 cm³/mol. The number of hydrogen-bond donors (Lipinski definition) is 1. The SMILES string of the molecule is CC(C)C(C)(C)OB(O)C1CC[C@@H]2OCCCC2C1. The van der Waals surface area contributed by atoms with E-state index >= 15 is 0 Å². The highest BCUT2D eigenvalue weighted by Gasteiger charge is 2.41. The smallest absolute Gasteiger partial charge is 0.427 e. The zero-order valence-electron chi connectivity index (χ0n) is 12.9. The molecule has 4 heteroatoms. The maximum absolute atomic E-state index is 10.4. The monoisotopic (exact) mass is 268 g/mol. The molecule has 0 bridgehead atoms. The highest BCUT2D eigenvalue weighted by Crippen LogP contribution is 2.41. The van der Waals surface area contributed by atoms with Gasteiger partial charge in [0, 0.05) is 6.61 Å². The minimum absolute atomic E-state index is 0.265. The van der Waals surface area contributed by atoms with Crippen LogP contribution in [0.4, 0.5) is 0 Å². The van der Waals surface area contributed by atoms with Crippen LogP contribution >= 0.6 is 0 Å². The largest absolute Gasteiger partial charge is 0.457 e. The molecule has 0 aromatic carbocycles. The van der Waals surface area contributed by atoms with Gasteiger partial charge in [-0.2, -0.15) is 0 Å². The van der Waals surface area contributed by atoms with E-state index in [0.29, 0.717) is 17.9 Å². The minimum atomic E-state index is -0.625. The molecule has 19 heavy (non-hydrogen) atoms. The Balaban J connectivity index is 1.88. The standard InChI is InChI=1S/C15H29BO3/c1-11(2)15(3,4)19-16(17)13-7-8-14-12(10-13)6-5-9-18-14/h11-14,17H,5-10H2,1-4H3/t12?,13?,14-/m0/s1. The molecule has 0 spiro atoms. The summed E-state index contributed by atoms with van der Waals surface area (Å²) in [4.78, 5) is 0. The molecule has 2 fully saturated rings. The van der Waals surface area contributed by atoms with Crippen LogP contribution in [0.15, 0.2) is 0 Å². The molecule has 3 atom stereocenters. The molecule has 1 saturated carbocycles. The van der Waals surface area contributed by atoms with E-state index in [0.717, 1.165) is 25.9 Å². The summed E-state index contributed by atoms with van der Waals surface area (Å²) >= 11 is 0. The molecule has 1 aliphatic heterocycles. The molecule has 0 radical (unpaired) electrons. The second-order valence-corrected chi connectivity index (χ2v) is 7.15. The third kappa shape index (κ3) is 3.74. The molecule has 1 saturated heterocycles. The molecular formula is C15H29BO3. The van der Waals surface area contributed by atoms with E-state index in [9.17, 15) is 5.02 Å². The first-order chi connectivity index (χ1) is 8.90. The summed E-state index contributed by atoms with van der Waals surface area (Å²) in [5.74, 6) is 1.31. The van der Waals surface area contributed by atoms with Crippen molar-refractivity contribution in [3.63, 3.8) is 0 Å². The lowest BCUT2D eigenvalue weighted by Gasteiger charge is -2.41. The zero-order valence-corrected chi connectivity index (χ0v) is 12.9. The molecule has 2 aliphatic rings. The maximum Gasteiger partial charge on any atom is 0.457 e. The molecule has 3 nitrogen and oxygen atoms in total. The fourth-order valence-corrected chi connectivity index (χ4v) is 3.18. The van der Waals surface area contributed by atoms with Crippen LogP contribution in [0.25, 0.3) is 0 Å². The van der Waals surface area contributed by atoms with Crippen molar-refractivity contribution in [1.29, 1.82) is 0 Å². The van der Waals surface area contributed by atoms with Gasteiger partial charge in [-0.15, -0.1) is 0 Å². The molecule has 0 aromatic heterocycles. The summed E-state index contributed by atoms with van der Waals surface area (Å²) in [6.45, 7) is 9.33. The fraction of sp³-hybridized carbons (Fsp3) is 1.00. The van der Waals surface area contributed by atoms with Crippen LogP contribution in [-0.4, -0.2) is 30.5 Å². The Morgan fingerprint density at radius 2 is 2.00 bits per heavy atom. The number of rotatable bonds is 4. The van der Waals surface area contributed by atoms with Gasteiger partial charge in [0.2, 0.25) is 0 Å². The lowest BCUT2D eigenvalue weighted by molar-refractivity contribution is -0.0508. The van der Waals surface area contributed by atoms with Gasteiger partial charge in [-0.1, -0.05) is 13.8 Å². The van der Waals surface area contributed by atoms with Crippen molar-refractivity contribution in [3.05, 3.63) is 0 Å². The predicted octanol–water partition coefficient (Wildman–Crippen LogP) is 3.27. The maximum atomic E-state index is 10.4. The summed E-state index contributed by atoms with van der Waals surface area (Å²) < 4.78 is 11.8. The van der Waals surface area contributed by atoms with Gasteiger partial charge in [0.05, 0.1) is 11.7 Å². The molecule has 1 aliphatic carbocycles. The normalized spacial score (nSPS) is 32.2. The van der Waals surface area contributed by atoms with Gasteiger partial charge in [0.25, 0.3) is 0 Å². The van der Waals surface area contributed by atoms with E-state index in [2.05, 4.69) is 27.7 Å². The Morgan fingerprint density at radius 3 is 2.68 bits per heavy atom. The third-order valence-electron chi connectivity index (χ3n) is 5.22. The van der Waals surface area contributed by atoms with E-state index < -0.39 is 7.12 Å². The van der Waals surface area contributed by atoms with E-state index in [4.69, 9.17) is 9.39 Å². The van der Waals surface area contributed by atoms with Gasteiger partial charge in [-0.05, 0) is 63.6 Å². The van der Waals surface area contributed by atoms with Crippen molar-refractivity contribution in [3.8, 4) is 0 Å². The lowest BCUT2D eigenvalue weighted by Crippen LogP contribution is -2.43. The third-order valence-corrected chi connectivity index (χ3v) is 5.22. The Kier molecular flexibility index (Phi) is 4.96. The van der Waals surface area contributed by atoms with Gasteiger partial charge in [0.15, 0.2) is 0 Å². The highest BCUT2D eigenvalue weighted by atomic mass is 16.5. The van der Waals surface area contributed by atoms with Crippen LogP contribution in [0.3, 0.4) is 0 Å². The van der Waals surface area contributed by atoms with Crippen LogP contribution in [0.2, 0.25) is 5.82 Å². The number of hydrogen-bond acceptors (Lipinski definition) is 3. The molecular weight excluding hydrogens is 239 g/mol. The molecule has 2 rings (SSSR count). The second kappa shape index (κ2) is 6.15. The van der Waals surface area contributed by atoms with Gasteiger partial charge < -0.3 is 14.4 Å². The molecule has 110 valence electrons. The first-order valence-corrected chi connectivity index (χ1v) is 7.87. The van der Waals surface area contributed by atoms with Crippen molar-refractivity contribution in [2.24, 2.45) is 11.8 Å². The second-order valence-electron chi connectivity index (χ2n) is 7.15. The van der Waals surface area contributed by atoms with E-state index in [1.54, 1.807) is 0 Å². The van der Waals surface area contributed by atoms with Crippen LogP contribution in [-0.2, 0) is 9.39 Å². The summed E-state index contributed by atoms with van der Waals surface area (Å²) in [5, 5.41) is 10.4. The van der Waals surface area contributed by atoms with Crippen molar-refractivity contribution in [1.82, 2.24) is 0 Å². The van der Waals surface area contributed by atoms with E-state index in [1.165, 1.54) is 12.8 Å². The first kappa shape index (κ1) is 15.3. The quantitative estimate of drug-likeness (QED) is 0.795. The number of ether oxygens (including phenoxy) is 1. The van der Waals surface area contributed by atoms with Crippen molar-refractivity contribution < 1.29 is 14.4 Å². The van der Waals surface area contributed by atoms with Crippen LogP contribution in [0.1, 0.15) is 59.8 Å². The number of fused-ring (bicyclic) bond motifs is 1. The summed E-state index contributed by atoms with van der Waals surface area (Å²) in [7, 11) is -0.625. The molecule has 0 aromatic rings. The van der Waals surface area contributed by atoms with E-state index in [-0.39, 0.29) is 11.4 Å². The topological polar surface area (TPSA) is 38.7 Å². The van der Waals surface area contributed by atoms with Gasteiger partial charge >= 0.3 is 7.12 Å². The average molecular weight is 268 g/mol. The van der Waals surface area contributed by atoms with E-state index in [1.807, 2.05) is 0 Å². The van der Waals surface area contributed by atoms with Crippen molar-refractivity contribution in [2.45, 2.75) is 77.3 Å². The highest BCUT2D eigenvalue weighted by molar-refractivity contribution is 6.45. The molecule has 0 amide bonds. The van der Waals surface area contributed by atoms with Crippen LogP contribution < -0.4 is 0 Å². The fourth-order valence-electron chi connectivity index (χ4n) is 3.18. The summed E-state index contributed by atoms with van der Waals surface area (Å²) in [6.07, 6.45) is 6.02. The van der Waals surface area contributed by atoms with Crippen LogP contribution in [0, 0.1) is 11.8 Å². The molecule has 1 N–H and O–H groups in total. The van der Waals surface area contributed by atoms with Gasteiger partial charge in [-0.3, -0.25) is 0 Å². The van der Waals surface area contributed by atoms with Crippen LogP contribution in [0.5, 0.6) is 0 Å². The molecule has 2 unspecified atom stereocenters. The molecule has 1 heterocycles. The van der Waals surface area contributed by atoms with Crippen molar-refractivity contribution >= 4 is 7.12 Å². The average Bonchev–Trinajstić information content (AvgIpc) is 2.37. The van der Waals surface area contributed by atoms with Crippen molar-refractivity contribution in [2.75, 3.05) is 6.61 Å². The Hall–Kier alpha value is -0.0551. The Bertz CT molecular complexity index is 293. The van der Waals surface area contributed by atoms with Gasteiger partial charge in [0.1, 0.15) is 0 Å². The summed E-state index contributed by atoms with van der Waals surface area (Å²) in [6, 6.07) is 0. The Morgan fingerprint density at radius 1 is 1.26 bits per heavy atom. The first-order valence-electron chi connectivity index (χ1n) is 7.87. The van der Waals surface area contributed by atoms with Gasteiger partial charge in [-0.25, -0.2) is 0 Å². The zero-order chi connectivity index (χ0) is 14.0. The lowest BCUT2D eigenvalue weighted by atomic mass is 9.60.